The molecule has 0 radical (unpaired) electrons. The van der Waals surface area contributed by atoms with Crippen molar-refractivity contribution < 1.29 is 14.3 Å². The maximum absolute atomic E-state index is 13.0. The molecule has 0 spiro atoms. The summed E-state index contributed by atoms with van der Waals surface area (Å²) in [4.78, 5) is 17.2. The van der Waals surface area contributed by atoms with Crippen molar-refractivity contribution in [3.8, 4) is 11.5 Å². The Kier molecular flexibility index (Phi) is 6.24. The molecule has 1 unspecified atom stereocenters. The van der Waals surface area contributed by atoms with Gasteiger partial charge in [-0.25, -0.2) is 0 Å². The molecule has 5 nitrogen and oxygen atoms in total. The highest BCUT2D eigenvalue weighted by atomic mass is 35.5. The molecule has 1 saturated heterocycles. The van der Waals surface area contributed by atoms with Gasteiger partial charge < -0.3 is 14.4 Å². The number of benzene rings is 2. The lowest BCUT2D eigenvalue weighted by molar-refractivity contribution is 0.0578. The van der Waals surface area contributed by atoms with Crippen molar-refractivity contribution in [2.24, 2.45) is 0 Å². The van der Waals surface area contributed by atoms with Crippen LogP contribution in [0.3, 0.4) is 0 Å². The molecule has 6 heteroatoms. The molecule has 0 aliphatic carbocycles. The Morgan fingerprint density at radius 2 is 1.70 bits per heavy atom. The third-order valence-corrected chi connectivity index (χ3v) is 5.48. The molecule has 1 fully saturated rings. The number of para-hydroxylation sites is 1. The number of nitrogens with zero attached hydrogens (tertiary/aromatic N) is 2. The Labute approximate surface area is 165 Å². The molecular formula is C21H25ClN2O3. The van der Waals surface area contributed by atoms with Gasteiger partial charge >= 0.3 is 0 Å². The second kappa shape index (κ2) is 8.63. The summed E-state index contributed by atoms with van der Waals surface area (Å²) < 4.78 is 10.7. The molecule has 1 amide bonds. The summed E-state index contributed by atoms with van der Waals surface area (Å²) in [7, 11) is 3.12. The van der Waals surface area contributed by atoms with E-state index >= 15 is 0 Å². The first kappa shape index (κ1) is 19.5. The number of amides is 1. The average Bonchev–Trinajstić information content (AvgIpc) is 2.72. The van der Waals surface area contributed by atoms with Crippen LogP contribution in [0.1, 0.15) is 28.9 Å². The van der Waals surface area contributed by atoms with Gasteiger partial charge in [0.15, 0.2) is 11.5 Å². The molecule has 1 atom stereocenters. The average molecular weight is 389 g/mol. The van der Waals surface area contributed by atoms with Gasteiger partial charge in [-0.2, -0.15) is 0 Å². The SMILES string of the molecule is COc1cccc(C(=O)N2CCN(C(C)c3ccccc3Cl)CC2)c1OC. The van der Waals surface area contributed by atoms with E-state index in [4.69, 9.17) is 21.1 Å². The van der Waals surface area contributed by atoms with Crippen molar-refractivity contribution in [2.75, 3.05) is 40.4 Å². The highest BCUT2D eigenvalue weighted by Gasteiger charge is 2.28. The number of hydrogen-bond donors (Lipinski definition) is 0. The van der Waals surface area contributed by atoms with Crippen molar-refractivity contribution in [1.82, 2.24) is 9.80 Å². The first-order chi connectivity index (χ1) is 13.1. The van der Waals surface area contributed by atoms with Gasteiger partial charge in [-0.15, -0.1) is 0 Å². The standard InChI is InChI=1S/C21H25ClN2O3/c1-15(16-7-4-5-9-18(16)22)23-11-13-24(14-12-23)21(25)17-8-6-10-19(26-2)20(17)27-3/h4-10,15H,11-14H2,1-3H3. The molecular weight excluding hydrogens is 364 g/mol. The smallest absolute Gasteiger partial charge is 0.257 e. The summed E-state index contributed by atoms with van der Waals surface area (Å²) in [6.07, 6.45) is 0. The summed E-state index contributed by atoms with van der Waals surface area (Å²) in [5.74, 6) is 1.02. The van der Waals surface area contributed by atoms with Crippen LogP contribution in [0.2, 0.25) is 5.02 Å². The Balaban J connectivity index is 1.69. The minimum Gasteiger partial charge on any atom is -0.493 e. The number of piperazine rings is 1. The second-order valence-electron chi connectivity index (χ2n) is 6.57. The zero-order chi connectivity index (χ0) is 19.4. The summed E-state index contributed by atoms with van der Waals surface area (Å²) in [6, 6.07) is 13.5. The fraction of sp³-hybridized carbons (Fsp3) is 0.381. The summed E-state index contributed by atoms with van der Waals surface area (Å²) in [5, 5.41) is 0.782. The molecule has 0 N–H and O–H groups in total. The highest BCUT2D eigenvalue weighted by molar-refractivity contribution is 6.31. The molecule has 2 aromatic carbocycles. The van der Waals surface area contributed by atoms with Crippen LogP contribution in [0.4, 0.5) is 0 Å². The molecule has 1 aliphatic heterocycles. The number of halogens is 1. The number of carbonyl (C=O) groups excluding carboxylic acids is 1. The largest absolute Gasteiger partial charge is 0.493 e. The number of ether oxygens (including phenoxy) is 2. The van der Waals surface area contributed by atoms with Crippen LogP contribution in [-0.2, 0) is 0 Å². The van der Waals surface area contributed by atoms with Crippen LogP contribution in [-0.4, -0.2) is 56.1 Å². The molecule has 2 aromatic rings. The maximum atomic E-state index is 13.0. The van der Waals surface area contributed by atoms with Crippen LogP contribution in [0.5, 0.6) is 11.5 Å². The van der Waals surface area contributed by atoms with E-state index < -0.39 is 0 Å². The Bertz CT molecular complexity index is 804. The van der Waals surface area contributed by atoms with E-state index in [9.17, 15) is 4.79 Å². The van der Waals surface area contributed by atoms with E-state index in [1.54, 1.807) is 26.4 Å². The van der Waals surface area contributed by atoms with Gasteiger partial charge in [-0.1, -0.05) is 35.9 Å². The molecule has 144 valence electrons. The van der Waals surface area contributed by atoms with E-state index in [-0.39, 0.29) is 11.9 Å². The van der Waals surface area contributed by atoms with Crippen molar-refractivity contribution in [2.45, 2.75) is 13.0 Å². The first-order valence-electron chi connectivity index (χ1n) is 9.05. The van der Waals surface area contributed by atoms with Crippen LogP contribution >= 0.6 is 11.6 Å². The summed E-state index contributed by atoms with van der Waals surface area (Å²) >= 11 is 6.34. The van der Waals surface area contributed by atoms with Gasteiger partial charge in [-0.05, 0) is 30.7 Å². The van der Waals surface area contributed by atoms with Crippen molar-refractivity contribution in [1.29, 1.82) is 0 Å². The number of rotatable bonds is 5. The molecule has 27 heavy (non-hydrogen) atoms. The monoisotopic (exact) mass is 388 g/mol. The number of carbonyl (C=O) groups is 1. The Morgan fingerprint density at radius 3 is 2.33 bits per heavy atom. The quantitative estimate of drug-likeness (QED) is 0.779. The lowest BCUT2D eigenvalue weighted by Crippen LogP contribution is -2.49. The molecule has 0 saturated carbocycles. The van der Waals surface area contributed by atoms with Crippen LogP contribution in [0, 0.1) is 0 Å². The van der Waals surface area contributed by atoms with Gasteiger partial charge in [0, 0.05) is 37.2 Å². The molecule has 0 bridgehead atoms. The Hall–Kier alpha value is -2.24. The predicted molar refractivity (Wildman–Crippen MR) is 107 cm³/mol. The molecule has 3 rings (SSSR count). The fourth-order valence-corrected chi connectivity index (χ4v) is 3.84. The highest BCUT2D eigenvalue weighted by Crippen LogP contribution is 2.32. The zero-order valence-electron chi connectivity index (χ0n) is 15.9. The molecule has 1 aliphatic rings. The number of hydrogen-bond acceptors (Lipinski definition) is 4. The fourth-order valence-electron chi connectivity index (χ4n) is 3.55. The van der Waals surface area contributed by atoms with Gasteiger partial charge in [0.05, 0.1) is 19.8 Å². The van der Waals surface area contributed by atoms with Gasteiger partial charge in [0.25, 0.3) is 5.91 Å². The van der Waals surface area contributed by atoms with E-state index in [0.717, 1.165) is 23.7 Å². The third-order valence-electron chi connectivity index (χ3n) is 5.14. The normalized spacial score (nSPS) is 16.1. The van der Waals surface area contributed by atoms with Gasteiger partial charge in [0.1, 0.15) is 0 Å². The van der Waals surface area contributed by atoms with E-state index in [2.05, 4.69) is 17.9 Å². The maximum Gasteiger partial charge on any atom is 0.257 e. The summed E-state index contributed by atoms with van der Waals surface area (Å²) in [6.45, 7) is 5.07. The third kappa shape index (κ3) is 4.04. The van der Waals surface area contributed by atoms with E-state index in [1.165, 1.54) is 0 Å². The van der Waals surface area contributed by atoms with Crippen molar-refractivity contribution in [3.05, 3.63) is 58.6 Å². The minimum atomic E-state index is -0.0317. The minimum absolute atomic E-state index is 0.0317. The second-order valence-corrected chi connectivity index (χ2v) is 6.97. The zero-order valence-corrected chi connectivity index (χ0v) is 16.7. The lowest BCUT2D eigenvalue weighted by Gasteiger charge is -2.38. The van der Waals surface area contributed by atoms with Crippen molar-refractivity contribution in [3.63, 3.8) is 0 Å². The molecule has 0 aromatic heterocycles. The Morgan fingerprint density at radius 1 is 1.00 bits per heavy atom. The summed E-state index contributed by atoms with van der Waals surface area (Å²) in [5.41, 5.74) is 1.65. The van der Waals surface area contributed by atoms with Gasteiger partial charge in [-0.3, -0.25) is 9.69 Å². The van der Waals surface area contributed by atoms with E-state index in [0.29, 0.717) is 30.2 Å². The number of methoxy groups -OCH3 is 2. The van der Waals surface area contributed by atoms with Crippen molar-refractivity contribution >= 4 is 17.5 Å². The first-order valence-corrected chi connectivity index (χ1v) is 9.43. The van der Waals surface area contributed by atoms with Crippen LogP contribution in [0.25, 0.3) is 0 Å². The van der Waals surface area contributed by atoms with E-state index in [1.807, 2.05) is 29.2 Å². The van der Waals surface area contributed by atoms with Gasteiger partial charge in [0.2, 0.25) is 0 Å². The molecule has 1 heterocycles. The van der Waals surface area contributed by atoms with Crippen LogP contribution < -0.4 is 9.47 Å². The topological polar surface area (TPSA) is 42.0 Å². The predicted octanol–water partition coefficient (Wildman–Crippen LogP) is 3.88. The lowest BCUT2D eigenvalue weighted by atomic mass is 10.1. The van der Waals surface area contributed by atoms with Crippen LogP contribution in [0.15, 0.2) is 42.5 Å².